The molecule has 0 atom stereocenters. The second-order valence-corrected chi connectivity index (χ2v) is 3.67. The summed E-state index contributed by atoms with van der Waals surface area (Å²) in [6.07, 6.45) is 2.93. The first-order chi connectivity index (χ1) is 7.74. The predicted molar refractivity (Wildman–Crippen MR) is 60.9 cm³/mol. The van der Waals surface area contributed by atoms with Crippen LogP contribution in [0.2, 0.25) is 0 Å². The maximum absolute atomic E-state index is 10.8. The zero-order valence-corrected chi connectivity index (χ0v) is 9.09. The summed E-state index contributed by atoms with van der Waals surface area (Å²) in [5.74, 6) is 0.837. The van der Waals surface area contributed by atoms with Crippen LogP contribution in [0.4, 0.5) is 0 Å². The summed E-state index contributed by atoms with van der Waals surface area (Å²) < 4.78 is 6.33. The molecule has 82 valence electrons. The summed E-state index contributed by atoms with van der Waals surface area (Å²) in [5.41, 5.74) is 2.19. The topological polar surface area (TPSA) is 36.2 Å². The highest BCUT2D eigenvalue weighted by Gasteiger charge is 1.97. The lowest BCUT2D eigenvalue weighted by atomic mass is 10.2. The summed E-state index contributed by atoms with van der Waals surface area (Å²) in [6.45, 7) is 2.51. The van der Waals surface area contributed by atoms with Gasteiger partial charge in [-0.25, -0.2) is 0 Å². The molecule has 0 aliphatic carbocycles. The third kappa shape index (κ3) is 2.73. The fourth-order valence-electron chi connectivity index (χ4n) is 1.34. The van der Waals surface area contributed by atoms with Crippen molar-refractivity contribution in [2.75, 3.05) is 0 Å². The Morgan fingerprint density at radius 2 is 1.69 bits per heavy atom. The fraction of sp³-hybridized carbons (Fsp3) is 0.154. The van der Waals surface area contributed by atoms with Crippen LogP contribution in [0.1, 0.15) is 11.1 Å². The molecule has 0 unspecified atom stereocenters. The Morgan fingerprint density at radius 1 is 1.06 bits per heavy atom. The minimum atomic E-state index is 0.476. The van der Waals surface area contributed by atoms with Crippen LogP contribution in [0.3, 0.4) is 0 Å². The molecule has 1 aromatic carbocycles. The molecule has 0 aliphatic rings. The number of ether oxygens (including phenoxy) is 1. The summed E-state index contributed by atoms with van der Waals surface area (Å²) in [5, 5.41) is 10.8. The van der Waals surface area contributed by atoms with Gasteiger partial charge in [-0.2, -0.15) is 4.73 Å². The van der Waals surface area contributed by atoms with Crippen molar-refractivity contribution >= 4 is 0 Å². The molecule has 0 aliphatic heterocycles. The van der Waals surface area contributed by atoms with Crippen molar-refractivity contribution in [1.82, 2.24) is 0 Å². The molecule has 2 rings (SSSR count). The number of hydrogen-bond acceptors (Lipinski definition) is 2. The van der Waals surface area contributed by atoms with E-state index in [1.54, 1.807) is 12.1 Å². The van der Waals surface area contributed by atoms with Crippen molar-refractivity contribution in [2.24, 2.45) is 0 Å². The van der Waals surface area contributed by atoms with E-state index < -0.39 is 0 Å². The Bertz CT molecular complexity index is 403. The van der Waals surface area contributed by atoms with Crippen LogP contribution in [0, 0.1) is 12.1 Å². The monoisotopic (exact) mass is 215 g/mol. The molecule has 16 heavy (non-hydrogen) atoms. The third-order valence-corrected chi connectivity index (χ3v) is 2.30. The number of benzene rings is 1. The molecule has 3 heteroatoms. The number of nitrogens with zero attached hydrogens (tertiary/aromatic N) is 1. The standard InChI is InChI=1S/C13H13NO2/c1-11-2-4-13(5-3-11)16-10-12-6-8-14(15)9-7-12/h2-9H,10H2,1H3. The Morgan fingerprint density at radius 3 is 2.31 bits per heavy atom. The minimum Gasteiger partial charge on any atom is -0.619 e. The zero-order valence-electron chi connectivity index (χ0n) is 9.09. The number of aryl methyl sites for hydroxylation is 1. The molecule has 0 spiro atoms. The molecule has 0 saturated carbocycles. The number of hydrogen-bond donors (Lipinski definition) is 0. The number of aromatic nitrogens is 1. The van der Waals surface area contributed by atoms with Gasteiger partial charge in [0.1, 0.15) is 12.4 Å². The Balaban J connectivity index is 1.97. The lowest BCUT2D eigenvalue weighted by Gasteiger charge is -2.06. The van der Waals surface area contributed by atoms with E-state index in [1.807, 2.05) is 31.2 Å². The quantitative estimate of drug-likeness (QED) is 0.581. The van der Waals surface area contributed by atoms with Gasteiger partial charge in [-0.1, -0.05) is 17.7 Å². The Labute approximate surface area is 94.5 Å². The smallest absolute Gasteiger partial charge is 0.180 e. The molecule has 1 aromatic heterocycles. The van der Waals surface area contributed by atoms with Gasteiger partial charge in [-0.15, -0.1) is 0 Å². The first-order valence-corrected chi connectivity index (χ1v) is 5.11. The van der Waals surface area contributed by atoms with Crippen LogP contribution in [0.15, 0.2) is 48.8 Å². The van der Waals surface area contributed by atoms with Crippen molar-refractivity contribution in [3.05, 3.63) is 65.1 Å². The van der Waals surface area contributed by atoms with Crippen LogP contribution in [0.25, 0.3) is 0 Å². The van der Waals surface area contributed by atoms with Crippen molar-refractivity contribution in [1.29, 1.82) is 0 Å². The molecular formula is C13H13NO2. The van der Waals surface area contributed by atoms with Crippen LogP contribution < -0.4 is 9.47 Å². The van der Waals surface area contributed by atoms with Gasteiger partial charge in [0.2, 0.25) is 0 Å². The van der Waals surface area contributed by atoms with Crippen molar-refractivity contribution in [3.63, 3.8) is 0 Å². The normalized spacial score (nSPS) is 10.1. The lowest BCUT2D eigenvalue weighted by molar-refractivity contribution is -0.605. The molecule has 1 heterocycles. The summed E-state index contributed by atoms with van der Waals surface area (Å²) in [6, 6.07) is 11.4. The first-order valence-electron chi connectivity index (χ1n) is 5.11. The average Bonchev–Trinajstić information content (AvgIpc) is 2.30. The fourth-order valence-corrected chi connectivity index (χ4v) is 1.34. The summed E-state index contributed by atoms with van der Waals surface area (Å²) >= 11 is 0. The molecule has 2 aromatic rings. The van der Waals surface area contributed by atoms with E-state index in [4.69, 9.17) is 4.74 Å². The summed E-state index contributed by atoms with van der Waals surface area (Å²) in [7, 11) is 0. The number of pyridine rings is 1. The van der Waals surface area contributed by atoms with Gasteiger partial charge in [0.15, 0.2) is 12.4 Å². The zero-order chi connectivity index (χ0) is 11.4. The Hall–Kier alpha value is -2.03. The molecule has 0 amide bonds. The maximum Gasteiger partial charge on any atom is 0.180 e. The lowest BCUT2D eigenvalue weighted by Crippen LogP contribution is -2.23. The van der Waals surface area contributed by atoms with Crippen LogP contribution in [0.5, 0.6) is 5.75 Å². The van der Waals surface area contributed by atoms with Crippen LogP contribution >= 0.6 is 0 Å². The highest BCUT2D eigenvalue weighted by atomic mass is 16.5. The molecule has 0 saturated heterocycles. The van der Waals surface area contributed by atoms with Crippen LogP contribution in [-0.2, 0) is 6.61 Å². The highest BCUT2D eigenvalue weighted by Crippen LogP contribution is 2.13. The van der Waals surface area contributed by atoms with E-state index in [-0.39, 0.29) is 0 Å². The van der Waals surface area contributed by atoms with E-state index >= 15 is 0 Å². The predicted octanol–water partition coefficient (Wildman–Crippen LogP) is 2.21. The third-order valence-electron chi connectivity index (χ3n) is 2.30. The van der Waals surface area contributed by atoms with E-state index in [0.29, 0.717) is 6.61 Å². The van der Waals surface area contributed by atoms with Gasteiger partial charge in [-0.05, 0) is 19.1 Å². The molecule has 0 bridgehead atoms. The van der Waals surface area contributed by atoms with E-state index in [0.717, 1.165) is 16.0 Å². The first kappa shape index (κ1) is 10.5. The van der Waals surface area contributed by atoms with E-state index in [1.165, 1.54) is 18.0 Å². The van der Waals surface area contributed by atoms with Gasteiger partial charge in [0, 0.05) is 17.7 Å². The SMILES string of the molecule is Cc1ccc(OCc2cc[n+]([O-])cc2)cc1. The van der Waals surface area contributed by atoms with Crippen molar-refractivity contribution in [3.8, 4) is 5.75 Å². The minimum absolute atomic E-state index is 0.476. The second kappa shape index (κ2) is 4.66. The number of rotatable bonds is 3. The van der Waals surface area contributed by atoms with Gasteiger partial charge >= 0.3 is 0 Å². The summed E-state index contributed by atoms with van der Waals surface area (Å²) in [4.78, 5) is 0. The van der Waals surface area contributed by atoms with Gasteiger partial charge < -0.3 is 9.94 Å². The molecular weight excluding hydrogens is 202 g/mol. The molecule has 0 fully saturated rings. The van der Waals surface area contributed by atoms with Gasteiger partial charge in [0.25, 0.3) is 0 Å². The van der Waals surface area contributed by atoms with E-state index in [2.05, 4.69) is 0 Å². The van der Waals surface area contributed by atoms with Crippen molar-refractivity contribution < 1.29 is 9.47 Å². The highest BCUT2D eigenvalue weighted by molar-refractivity contribution is 5.26. The van der Waals surface area contributed by atoms with Crippen LogP contribution in [-0.4, -0.2) is 0 Å². The van der Waals surface area contributed by atoms with Gasteiger partial charge in [0.05, 0.1) is 0 Å². The van der Waals surface area contributed by atoms with Crippen molar-refractivity contribution in [2.45, 2.75) is 13.5 Å². The van der Waals surface area contributed by atoms with E-state index in [9.17, 15) is 5.21 Å². The largest absolute Gasteiger partial charge is 0.619 e. The molecule has 0 radical (unpaired) electrons. The second-order valence-electron chi connectivity index (χ2n) is 3.67. The maximum atomic E-state index is 10.8. The molecule has 3 nitrogen and oxygen atoms in total. The van der Waals surface area contributed by atoms with Gasteiger partial charge in [-0.3, -0.25) is 0 Å². The Kier molecular flexibility index (Phi) is 3.05. The molecule has 0 N–H and O–H groups in total. The average molecular weight is 215 g/mol.